The van der Waals surface area contributed by atoms with Gasteiger partial charge in [0.25, 0.3) is 5.91 Å². The van der Waals surface area contributed by atoms with Gasteiger partial charge in [-0.3, -0.25) is 9.89 Å². The number of nitrogens with zero attached hydrogens (tertiary/aromatic N) is 5. The highest BCUT2D eigenvalue weighted by atomic mass is 16.5. The maximum absolute atomic E-state index is 12.6. The number of ether oxygens (including phenoxy) is 2. The number of nitrogens with one attached hydrogen (secondary N) is 2. The smallest absolute Gasteiger partial charge is 0.269 e. The van der Waals surface area contributed by atoms with E-state index in [4.69, 9.17) is 9.47 Å². The van der Waals surface area contributed by atoms with Gasteiger partial charge in [0, 0.05) is 12.7 Å². The van der Waals surface area contributed by atoms with Gasteiger partial charge in [-0.15, -0.1) is 5.10 Å². The van der Waals surface area contributed by atoms with Gasteiger partial charge in [0.1, 0.15) is 18.1 Å². The summed E-state index contributed by atoms with van der Waals surface area (Å²) in [6, 6.07) is 11.3. The van der Waals surface area contributed by atoms with Gasteiger partial charge in [0.15, 0.2) is 5.82 Å². The molecule has 2 atom stereocenters. The van der Waals surface area contributed by atoms with Crippen molar-refractivity contribution in [2.45, 2.75) is 25.2 Å². The van der Waals surface area contributed by atoms with Crippen LogP contribution in [-0.4, -0.2) is 61.7 Å². The van der Waals surface area contributed by atoms with E-state index >= 15 is 0 Å². The third kappa shape index (κ3) is 4.18. The largest absolute Gasteiger partial charge is 0.379 e. The van der Waals surface area contributed by atoms with Crippen LogP contribution in [0.1, 0.15) is 22.5 Å². The van der Waals surface area contributed by atoms with Crippen LogP contribution in [0.4, 0.5) is 0 Å². The maximum atomic E-state index is 12.6. The third-order valence-corrected chi connectivity index (χ3v) is 4.32. The molecular weight excluding hydrogens is 350 g/mol. The lowest BCUT2D eigenvalue weighted by Crippen LogP contribution is -2.50. The summed E-state index contributed by atoms with van der Waals surface area (Å²) in [6.45, 7) is 1.49. The van der Waals surface area contributed by atoms with E-state index in [9.17, 15) is 4.79 Å². The molecule has 1 saturated heterocycles. The highest BCUT2D eigenvalue weighted by Crippen LogP contribution is 2.15. The number of H-pyrrole nitrogens is 1. The first-order valence-corrected chi connectivity index (χ1v) is 8.62. The average molecular weight is 369 g/mol. The van der Waals surface area contributed by atoms with E-state index in [-0.39, 0.29) is 18.1 Å². The highest BCUT2D eigenvalue weighted by Gasteiger charge is 2.29. The number of benzene rings is 1. The molecule has 2 aromatic heterocycles. The van der Waals surface area contributed by atoms with E-state index in [0.717, 1.165) is 5.56 Å². The van der Waals surface area contributed by atoms with Crippen molar-refractivity contribution in [2.75, 3.05) is 13.2 Å². The van der Waals surface area contributed by atoms with Gasteiger partial charge in [-0.25, -0.2) is 0 Å². The molecule has 140 valence electrons. The van der Waals surface area contributed by atoms with E-state index in [0.29, 0.717) is 37.8 Å². The number of rotatable bonds is 6. The Kier molecular flexibility index (Phi) is 5.17. The first kappa shape index (κ1) is 17.3. The molecule has 0 spiro atoms. The minimum Gasteiger partial charge on any atom is -0.379 e. The van der Waals surface area contributed by atoms with Crippen molar-refractivity contribution in [3.8, 4) is 5.82 Å². The molecule has 2 N–H and O–H groups in total. The number of aromatic amines is 1. The summed E-state index contributed by atoms with van der Waals surface area (Å²) < 4.78 is 12.9. The van der Waals surface area contributed by atoms with Crippen LogP contribution in [0.3, 0.4) is 0 Å². The zero-order chi connectivity index (χ0) is 18.5. The molecule has 4 rings (SSSR count). The van der Waals surface area contributed by atoms with Crippen LogP contribution in [0, 0.1) is 0 Å². The lowest BCUT2D eigenvalue weighted by atomic mass is 10.1. The quantitative estimate of drug-likeness (QED) is 0.649. The second-order valence-corrected chi connectivity index (χ2v) is 6.17. The van der Waals surface area contributed by atoms with Crippen molar-refractivity contribution < 1.29 is 14.3 Å². The van der Waals surface area contributed by atoms with E-state index in [1.807, 2.05) is 30.3 Å². The molecule has 1 fully saturated rings. The van der Waals surface area contributed by atoms with Crippen molar-refractivity contribution in [2.24, 2.45) is 0 Å². The Labute approximate surface area is 154 Å². The Balaban J connectivity index is 1.38. The SMILES string of the molecule is O=C(N[C@@H]1CCOC[C@H]1OCc1ccccc1)c1cc(-n2cnnn2)n[nH]1. The molecule has 0 saturated carbocycles. The molecule has 0 radical (unpaired) electrons. The monoisotopic (exact) mass is 369 g/mol. The second-order valence-electron chi connectivity index (χ2n) is 6.17. The first-order chi connectivity index (χ1) is 13.3. The van der Waals surface area contributed by atoms with Gasteiger partial charge in [-0.1, -0.05) is 30.3 Å². The number of carbonyl (C=O) groups excluding carboxylic acids is 1. The Hall–Kier alpha value is -3.11. The van der Waals surface area contributed by atoms with Crippen molar-refractivity contribution >= 4 is 5.91 Å². The minimum atomic E-state index is -0.262. The van der Waals surface area contributed by atoms with E-state index < -0.39 is 0 Å². The fourth-order valence-corrected chi connectivity index (χ4v) is 2.88. The maximum Gasteiger partial charge on any atom is 0.269 e. The summed E-state index contributed by atoms with van der Waals surface area (Å²) in [5, 5.41) is 20.6. The fourth-order valence-electron chi connectivity index (χ4n) is 2.88. The predicted molar refractivity (Wildman–Crippen MR) is 93.0 cm³/mol. The number of aromatic nitrogens is 6. The van der Waals surface area contributed by atoms with Gasteiger partial charge in [-0.05, 0) is 22.4 Å². The summed E-state index contributed by atoms with van der Waals surface area (Å²) in [5.74, 6) is 0.177. The summed E-state index contributed by atoms with van der Waals surface area (Å²) in [4.78, 5) is 12.6. The number of carbonyl (C=O) groups is 1. The van der Waals surface area contributed by atoms with Gasteiger partial charge in [0.2, 0.25) is 0 Å². The highest BCUT2D eigenvalue weighted by molar-refractivity contribution is 5.92. The second kappa shape index (κ2) is 8.06. The number of hydrogen-bond acceptors (Lipinski definition) is 7. The lowest BCUT2D eigenvalue weighted by Gasteiger charge is -2.32. The topological polar surface area (TPSA) is 120 Å². The minimum absolute atomic E-state index is 0.144. The molecule has 1 aliphatic heterocycles. The molecular formula is C17H19N7O3. The van der Waals surface area contributed by atoms with Crippen LogP contribution >= 0.6 is 0 Å². The lowest BCUT2D eigenvalue weighted by molar-refractivity contribution is -0.0736. The molecule has 0 aliphatic carbocycles. The molecule has 10 nitrogen and oxygen atoms in total. The van der Waals surface area contributed by atoms with Gasteiger partial charge >= 0.3 is 0 Å². The standard InChI is InChI=1S/C17H19N7O3/c25-17(14-8-16(21-20-14)24-11-18-22-23-24)19-13-6-7-26-10-15(13)27-9-12-4-2-1-3-5-12/h1-5,8,11,13,15H,6-7,9-10H2,(H,19,25)(H,20,21)/t13-,15-/m1/s1. The molecule has 10 heteroatoms. The number of hydrogen-bond donors (Lipinski definition) is 2. The van der Waals surface area contributed by atoms with Crippen LogP contribution in [0.2, 0.25) is 0 Å². The van der Waals surface area contributed by atoms with Crippen LogP contribution in [0.5, 0.6) is 0 Å². The van der Waals surface area contributed by atoms with Crippen molar-refractivity contribution in [1.82, 2.24) is 35.7 Å². The molecule has 27 heavy (non-hydrogen) atoms. The van der Waals surface area contributed by atoms with Crippen molar-refractivity contribution in [3.63, 3.8) is 0 Å². The van der Waals surface area contributed by atoms with E-state index in [1.54, 1.807) is 6.07 Å². The molecule has 3 heterocycles. The molecule has 0 bridgehead atoms. The van der Waals surface area contributed by atoms with Gasteiger partial charge in [0.05, 0.1) is 19.3 Å². The predicted octanol–water partition coefficient (Wildman–Crippen LogP) is 0.489. The summed E-state index contributed by atoms with van der Waals surface area (Å²) in [6.07, 6.45) is 1.87. The summed E-state index contributed by atoms with van der Waals surface area (Å²) in [7, 11) is 0. The normalized spacial score (nSPS) is 19.7. The Morgan fingerprint density at radius 3 is 3.07 bits per heavy atom. The van der Waals surface area contributed by atoms with Gasteiger partial charge in [-0.2, -0.15) is 9.78 Å². The number of tetrazole rings is 1. The van der Waals surface area contributed by atoms with Crippen LogP contribution in [-0.2, 0) is 16.1 Å². The van der Waals surface area contributed by atoms with E-state index in [1.165, 1.54) is 11.0 Å². The molecule has 0 unspecified atom stereocenters. The molecule has 1 aliphatic rings. The first-order valence-electron chi connectivity index (χ1n) is 8.62. The molecule has 1 amide bonds. The van der Waals surface area contributed by atoms with Crippen LogP contribution < -0.4 is 5.32 Å². The van der Waals surface area contributed by atoms with Crippen LogP contribution in [0.25, 0.3) is 5.82 Å². The fraction of sp³-hybridized carbons (Fsp3) is 0.353. The number of amides is 1. The molecule has 3 aromatic rings. The zero-order valence-corrected chi connectivity index (χ0v) is 14.5. The Morgan fingerprint density at radius 1 is 1.37 bits per heavy atom. The van der Waals surface area contributed by atoms with E-state index in [2.05, 4.69) is 31.0 Å². The average Bonchev–Trinajstić information content (AvgIpc) is 3.40. The Bertz CT molecular complexity index is 866. The summed E-state index contributed by atoms with van der Waals surface area (Å²) in [5.41, 5.74) is 1.40. The summed E-state index contributed by atoms with van der Waals surface area (Å²) >= 11 is 0. The zero-order valence-electron chi connectivity index (χ0n) is 14.5. The van der Waals surface area contributed by atoms with Gasteiger partial charge < -0.3 is 14.8 Å². The van der Waals surface area contributed by atoms with Crippen LogP contribution in [0.15, 0.2) is 42.7 Å². The molecule has 1 aromatic carbocycles. The van der Waals surface area contributed by atoms with Crippen molar-refractivity contribution in [3.05, 3.63) is 54.0 Å². The Morgan fingerprint density at radius 2 is 2.26 bits per heavy atom. The van der Waals surface area contributed by atoms with Crippen molar-refractivity contribution in [1.29, 1.82) is 0 Å². The third-order valence-electron chi connectivity index (χ3n) is 4.32.